The van der Waals surface area contributed by atoms with E-state index in [9.17, 15) is 52.7 Å². The van der Waals surface area contributed by atoms with Crippen LogP contribution in [-0.4, -0.2) is 157 Å². The molecule has 0 N–H and O–H groups in total. The highest BCUT2D eigenvalue weighted by atomic mass is 16.6. The largest absolute Gasteiger partial charge is 0.458 e. The van der Waals surface area contributed by atoms with E-state index in [-0.39, 0.29) is 77.9 Å². The van der Waals surface area contributed by atoms with Crippen molar-refractivity contribution in [1.82, 2.24) is 0 Å². The molecule has 24 heteroatoms. The third-order valence-corrected chi connectivity index (χ3v) is 23.6. The molecule has 16 rings (SSSR count). The summed E-state index contributed by atoms with van der Waals surface area (Å²) in [5, 5.41) is 0. The Labute approximate surface area is 585 Å². The van der Waals surface area contributed by atoms with Crippen molar-refractivity contribution in [3.05, 3.63) is 61.8 Å². The number of hydrogen-bond acceptors (Lipinski definition) is 24. The minimum absolute atomic E-state index is 0.149. The molecule has 5 unspecified atom stereocenters. The van der Waals surface area contributed by atoms with E-state index in [0.29, 0.717) is 164 Å². The minimum Gasteiger partial charge on any atom is -0.458 e. The van der Waals surface area contributed by atoms with Gasteiger partial charge in [-0.25, -0.2) is 28.8 Å². The Hall–Kier alpha value is -7.21. The highest BCUT2D eigenvalue weighted by Crippen LogP contribution is 2.64. The summed E-state index contributed by atoms with van der Waals surface area (Å²) in [7, 11) is 0. The van der Waals surface area contributed by atoms with Crippen molar-refractivity contribution in [2.45, 2.75) is 266 Å². The van der Waals surface area contributed by atoms with Crippen LogP contribution in [0, 0.1) is 47.3 Å². The molecule has 0 amide bonds. The van der Waals surface area contributed by atoms with E-state index in [1.54, 1.807) is 13.8 Å². The van der Waals surface area contributed by atoms with Gasteiger partial charge < -0.3 is 61.6 Å². The Kier molecular flexibility index (Phi) is 24.5. The summed E-state index contributed by atoms with van der Waals surface area (Å²) in [5.74, 6) is 0.678. The lowest BCUT2D eigenvalue weighted by Gasteiger charge is -2.61. The number of esters is 11. The molecule has 24 nitrogen and oxygen atoms in total. The average Bonchev–Trinajstić information content (AvgIpc) is 0.966. The van der Waals surface area contributed by atoms with Crippen LogP contribution < -0.4 is 0 Å². The zero-order valence-corrected chi connectivity index (χ0v) is 58.5. The maximum absolute atomic E-state index is 12.3. The fraction of sp³-hybridized carbons (Fsp3) is 0.724. The maximum Gasteiger partial charge on any atom is 0.344 e. The van der Waals surface area contributed by atoms with Crippen LogP contribution in [0.1, 0.15) is 207 Å². The quantitative estimate of drug-likeness (QED) is 0.0742. The van der Waals surface area contributed by atoms with Gasteiger partial charge in [0.25, 0.3) is 0 Å². The van der Waals surface area contributed by atoms with Crippen molar-refractivity contribution >= 4 is 65.7 Å². The second-order valence-corrected chi connectivity index (χ2v) is 30.3. The number of hydrogen-bond donors (Lipinski definition) is 0. The van der Waals surface area contributed by atoms with Gasteiger partial charge in [0.2, 0.25) is 0 Å². The highest BCUT2D eigenvalue weighted by Gasteiger charge is 2.67. The molecule has 0 spiro atoms. The fourth-order valence-corrected chi connectivity index (χ4v) is 19.3. The van der Waals surface area contributed by atoms with Crippen LogP contribution in [-0.2, 0) is 114 Å². The lowest BCUT2D eigenvalue weighted by molar-refractivity contribution is -0.239. The van der Waals surface area contributed by atoms with E-state index in [4.69, 9.17) is 61.6 Å². The molecule has 0 radical (unpaired) electrons. The summed E-state index contributed by atoms with van der Waals surface area (Å²) in [6.07, 6.45) is 24.1. The van der Waals surface area contributed by atoms with Gasteiger partial charge in [0.15, 0.2) is 29.0 Å². The van der Waals surface area contributed by atoms with Crippen LogP contribution in [0.2, 0.25) is 0 Å². The Bertz CT molecular complexity index is 3100. The Balaban J connectivity index is 0.000000136. The summed E-state index contributed by atoms with van der Waals surface area (Å²) in [6.45, 7) is 24.1. The number of ether oxygens (including phenoxy) is 13. The zero-order chi connectivity index (χ0) is 71.7. The second-order valence-electron chi connectivity index (χ2n) is 30.3. The fourth-order valence-electron chi connectivity index (χ4n) is 19.3. The molecular weight excluding hydrogens is 1300 g/mol. The molecule has 0 aromatic carbocycles. The molecule has 7 heterocycles. The van der Waals surface area contributed by atoms with Gasteiger partial charge in [-0.3, -0.25) is 24.0 Å². The second kappa shape index (κ2) is 32.4. The SMILES string of the molecule is C=C(C)C(=O)OC1(C2CCC(=O)O2)C2CC3CC(C2)CC1C3.C=C(C)C(=O)OC1(C2CCC(=O)O2)CCOCC1.C=C(C)C(=O)OCC(=O)OC1(C2CCC(=O)O2)CCCCC1.C=CC(=O)OC1(C2CCC(=O)O2)C2CC3CC(C2)CC1C3.C=CC(=O)OC1(C2CCC(=O)O2)CCOCC1. The minimum atomic E-state index is -0.767. The number of carbonyl (C=O) groups is 11. The Morgan fingerprint density at radius 1 is 0.390 bits per heavy atom. The maximum atomic E-state index is 12.3. The number of cyclic esters (lactones) is 5. The van der Waals surface area contributed by atoms with Gasteiger partial charge in [0.05, 0.1) is 26.4 Å². The first-order valence-corrected chi connectivity index (χ1v) is 36.4. The van der Waals surface area contributed by atoms with Gasteiger partial charge >= 0.3 is 65.7 Å². The molecule has 7 aliphatic heterocycles. The van der Waals surface area contributed by atoms with E-state index >= 15 is 0 Å². The lowest BCUT2D eigenvalue weighted by Crippen LogP contribution is -2.65. The summed E-state index contributed by atoms with van der Waals surface area (Å²) >= 11 is 0. The molecule has 0 aromatic rings. The van der Waals surface area contributed by atoms with Crippen molar-refractivity contribution in [1.29, 1.82) is 0 Å². The molecule has 5 atom stereocenters. The van der Waals surface area contributed by atoms with Gasteiger partial charge in [-0.05, 0) is 166 Å². The van der Waals surface area contributed by atoms with Gasteiger partial charge in [-0.15, -0.1) is 0 Å². The Morgan fingerprint density at radius 3 is 1.03 bits per heavy atom. The molecule has 9 saturated carbocycles. The van der Waals surface area contributed by atoms with E-state index in [0.717, 1.165) is 100 Å². The topological polar surface area (TPSA) is 308 Å². The predicted octanol–water partition coefficient (Wildman–Crippen LogP) is 10.0. The van der Waals surface area contributed by atoms with E-state index in [1.165, 1.54) is 25.8 Å². The van der Waals surface area contributed by atoms with Crippen molar-refractivity contribution in [2.75, 3.05) is 33.0 Å². The lowest BCUT2D eigenvalue weighted by atomic mass is 9.48. The molecule has 8 bridgehead atoms. The van der Waals surface area contributed by atoms with Gasteiger partial charge in [0, 0.05) is 110 Å². The van der Waals surface area contributed by atoms with Crippen LogP contribution >= 0.6 is 0 Å². The van der Waals surface area contributed by atoms with Crippen molar-refractivity contribution in [3.8, 4) is 0 Å². The predicted molar refractivity (Wildman–Crippen MR) is 353 cm³/mol. The number of rotatable bonds is 17. The average molecular weight is 1400 g/mol. The molecule has 16 aliphatic rings. The smallest absolute Gasteiger partial charge is 0.344 e. The standard InChI is InChI=1S/C18H24O4.C17H22O4.C16H22O6.C13H18O5.C12H16O5/c1-10(2)17(20)22-18(15-3-4-16(19)21-15)13-6-11-5-12(8-13)9-14(18)7-11;1-2-15(18)21-17(14-3-4-16(19)20-14)12-6-10-5-11(8-12)9-13(17)7-10;1-11(2)15(19)20-10-14(18)22-16(8-4-3-5-9-16)12-6-7-13(17)21-12;1-9(2)12(15)18-13(5-7-16-8-6-13)10-3-4-11(14)17-10;1-2-10(13)17-12(5-7-15-8-6-12)9-3-4-11(14)16-9/h11-15H,1,3-9H2,2H3;2,10-14H,1,3-9H2;12H,1,3-10H2,2H3;10H,1,3-8H2,2H3;2,9H,1,3-8H2. The molecule has 16 fully saturated rings. The van der Waals surface area contributed by atoms with Crippen molar-refractivity contribution in [3.63, 3.8) is 0 Å². The number of carbonyl (C=O) groups excluding carboxylic acids is 11. The van der Waals surface area contributed by atoms with Crippen LogP contribution in [0.15, 0.2) is 61.8 Å². The first kappa shape index (κ1) is 75.5. The van der Waals surface area contributed by atoms with Crippen molar-refractivity contribution in [2.24, 2.45) is 47.3 Å². The summed E-state index contributed by atoms with van der Waals surface area (Å²) in [6, 6.07) is 0. The molecule has 0 aromatic heterocycles. The molecule has 100 heavy (non-hydrogen) atoms. The summed E-state index contributed by atoms with van der Waals surface area (Å²) in [5.41, 5.74) is -2.39. The van der Waals surface area contributed by atoms with Crippen LogP contribution in [0.3, 0.4) is 0 Å². The normalized spacial score (nSPS) is 34.5. The van der Waals surface area contributed by atoms with Gasteiger partial charge in [0.1, 0.15) is 36.1 Å². The van der Waals surface area contributed by atoms with Gasteiger partial charge in [-0.1, -0.05) is 39.3 Å². The monoisotopic (exact) mass is 1400 g/mol. The van der Waals surface area contributed by atoms with Crippen LogP contribution in [0.4, 0.5) is 0 Å². The summed E-state index contributed by atoms with van der Waals surface area (Å²) < 4.78 is 71.1. The van der Waals surface area contributed by atoms with Crippen LogP contribution in [0.25, 0.3) is 0 Å². The van der Waals surface area contributed by atoms with Gasteiger partial charge in [-0.2, -0.15) is 0 Å². The molecule has 550 valence electrons. The molecule has 9 aliphatic carbocycles. The van der Waals surface area contributed by atoms with E-state index in [1.807, 2.05) is 0 Å². The van der Waals surface area contributed by atoms with Crippen molar-refractivity contribution < 1.29 is 114 Å². The van der Waals surface area contributed by atoms with Crippen LogP contribution in [0.5, 0.6) is 0 Å². The first-order chi connectivity index (χ1) is 47.7. The highest BCUT2D eigenvalue weighted by molar-refractivity contribution is 5.89. The van der Waals surface area contributed by atoms with E-state index < -0.39 is 58.5 Å². The first-order valence-electron chi connectivity index (χ1n) is 36.4. The molecular formula is C76H102O24. The third kappa shape index (κ3) is 17.0. The molecule has 7 saturated heterocycles. The third-order valence-electron chi connectivity index (χ3n) is 23.6. The van der Waals surface area contributed by atoms with E-state index in [2.05, 4.69) is 32.9 Å². The Morgan fingerprint density at radius 2 is 0.700 bits per heavy atom. The summed E-state index contributed by atoms with van der Waals surface area (Å²) in [4.78, 5) is 128. The zero-order valence-electron chi connectivity index (χ0n) is 58.5.